The van der Waals surface area contributed by atoms with E-state index in [1.165, 1.54) is 22.0 Å². The van der Waals surface area contributed by atoms with Crippen LogP contribution < -0.4 is 5.32 Å². The minimum Gasteiger partial charge on any atom is -0.348 e. The van der Waals surface area contributed by atoms with Crippen LogP contribution in [0.2, 0.25) is 0 Å². The van der Waals surface area contributed by atoms with Gasteiger partial charge < -0.3 is 10.3 Å². The second kappa shape index (κ2) is 5.27. The van der Waals surface area contributed by atoms with E-state index in [-0.39, 0.29) is 18.4 Å². The summed E-state index contributed by atoms with van der Waals surface area (Å²) in [4.78, 5) is 7.72. The SMILES string of the molecule is Cl.c1ccc2cc(C3NCCc4[nH]cnc43)ccc2c1. The minimum absolute atomic E-state index is 0. The fraction of sp³-hybridized carbons (Fsp3) is 0.188. The molecule has 0 aliphatic carbocycles. The van der Waals surface area contributed by atoms with Crippen LogP contribution in [0.25, 0.3) is 10.8 Å². The minimum atomic E-state index is 0. The molecule has 3 aromatic rings. The van der Waals surface area contributed by atoms with E-state index >= 15 is 0 Å². The number of hydrogen-bond acceptors (Lipinski definition) is 2. The molecular weight excluding hydrogens is 270 g/mol. The molecule has 0 fully saturated rings. The summed E-state index contributed by atoms with van der Waals surface area (Å²) in [6, 6.07) is 15.3. The number of fused-ring (bicyclic) bond motifs is 2. The molecule has 0 spiro atoms. The maximum absolute atomic E-state index is 4.48. The van der Waals surface area contributed by atoms with Gasteiger partial charge in [0.05, 0.1) is 18.1 Å². The van der Waals surface area contributed by atoms with Gasteiger partial charge in [0.25, 0.3) is 0 Å². The number of hydrogen-bond donors (Lipinski definition) is 2. The van der Waals surface area contributed by atoms with E-state index in [9.17, 15) is 0 Å². The van der Waals surface area contributed by atoms with E-state index in [4.69, 9.17) is 0 Å². The number of rotatable bonds is 1. The summed E-state index contributed by atoms with van der Waals surface area (Å²) in [5, 5.41) is 6.12. The molecule has 1 aliphatic heterocycles. The average Bonchev–Trinajstić information content (AvgIpc) is 2.95. The van der Waals surface area contributed by atoms with Gasteiger partial charge in [-0.05, 0) is 22.4 Å². The third-order valence-electron chi connectivity index (χ3n) is 3.86. The van der Waals surface area contributed by atoms with Gasteiger partial charge in [-0.1, -0.05) is 36.4 Å². The third-order valence-corrected chi connectivity index (χ3v) is 3.86. The van der Waals surface area contributed by atoms with Gasteiger partial charge in [-0.25, -0.2) is 4.98 Å². The van der Waals surface area contributed by atoms with Crippen LogP contribution >= 0.6 is 12.4 Å². The van der Waals surface area contributed by atoms with E-state index in [1.807, 2.05) is 0 Å². The molecule has 0 bridgehead atoms. The van der Waals surface area contributed by atoms with Gasteiger partial charge in [0, 0.05) is 18.7 Å². The van der Waals surface area contributed by atoms with Crippen LogP contribution in [0.1, 0.15) is 23.0 Å². The first-order valence-corrected chi connectivity index (χ1v) is 6.66. The van der Waals surface area contributed by atoms with Gasteiger partial charge in [-0.15, -0.1) is 12.4 Å². The first-order chi connectivity index (χ1) is 9.42. The van der Waals surface area contributed by atoms with Gasteiger partial charge in [-0.3, -0.25) is 0 Å². The largest absolute Gasteiger partial charge is 0.348 e. The maximum atomic E-state index is 4.48. The molecule has 20 heavy (non-hydrogen) atoms. The Morgan fingerprint density at radius 2 is 1.90 bits per heavy atom. The average molecular weight is 286 g/mol. The molecule has 4 rings (SSSR count). The molecule has 102 valence electrons. The Balaban J connectivity index is 0.00000121. The van der Waals surface area contributed by atoms with Crippen LogP contribution in [0.4, 0.5) is 0 Å². The van der Waals surface area contributed by atoms with E-state index in [0.717, 1.165) is 18.7 Å². The molecular formula is C16H16ClN3. The Hall–Kier alpha value is -1.84. The zero-order valence-corrected chi connectivity index (χ0v) is 11.8. The summed E-state index contributed by atoms with van der Waals surface area (Å²) in [7, 11) is 0. The lowest BCUT2D eigenvalue weighted by Crippen LogP contribution is -2.30. The highest BCUT2D eigenvalue weighted by Gasteiger charge is 2.23. The van der Waals surface area contributed by atoms with Crippen molar-refractivity contribution >= 4 is 23.2 Å². The zero-order valence-electron chi connectivity index (χ0n) is 11.0. The van der Waals surface area contributed by atoms with E-state index in [0.29, 0.717) is 0 Å². The van der Waals surface area contributed by atoms with Crippen molar-refractivity contribution in [2.45, 2.75) is 12.5 Å². The summed E-state index contributed by atoms with van der Waals surface area (Å²) < 4.78 is 0. The van der Waals surface area contributed by atoms with Gasteiger partial charge in [-0.2, -0.15) is 0 Å². The van der Waals surface area contributed by atoms with Crippen LogP contribution in [0.5, 0.6) is 0 Å². The summed E-state index contributed by atoms with van der Waals surface area (Å²) in [6.07, 6.45) is 2.82. The summed E-state index contributed by atoms with van der Waals surface area (Å²) in [5.74, 6) is 0. The lowest BCUT2D eigenvalue weighted by molar-refractivity contribution is 0.554. The monoisotopic (exact) mass is 285 g/mol. The second-order valence-corrected chi connectivity index (χ2v) is 5.01. The summed E-state index contributed by atoms with van der Waals surface area (Å²) >= 11 is 0. The topological polar surface area (TPSA) is 40.7 Å². The molecule has 1 atom stereocenters. The molecule has 2 aromatic carbocycles. The Labute approximate surface area is 123 Å². The van der Waals surface area contributed by atoms with Crippen molar-refractivity contribution in [1.29, 1.82) is 0 Å². The zero-order chi connectivity index (χ0) is 12.7. The highest BCUT2D eigenvalue weighted by atomic mass is 35.5. The predicted molar refractivity (Wildman–Crippen MR) is 83.3 cm³/mol. The standard InChI is InChI=1S/C16H15N3.ClH/c1-2-4-12-9-13(6-5-11(12)3-1)15-16-14(7-8-17-15)18-10-19-16;/h1-6,9-10,15,17H,7-8H2,(H,18,19);1H. The van der Waals surface area contributed by atoms with E-state index in [1.54, 1.807) is 6.33 Å². The number of imidazole rings is 1. The molecule has 1 aromatic heterocycles. The first-order valence-electron chi connectivity index (χ1n) is 6.66. The number of halogens is 1. The normalized spacial score (nSPS) is 17.5. The van der Waals surface area contributed by atoms with Crippen molar-refractivity contribution in [3.05, 3.63) is 65.7 Å². The number of aromatic nitrogens is 2. The van der Waals surface area contributed by atoms with Crippen LogP contribution in [-0.2, 0) is 6.42 Å². The highest BCUT2D eigenvalue weighted by molar-refractivity contribution is 5.85. The molecule has 0 amide bonds. The van der Waals surface area contributed by atoms with Gasteiger partial charge >= 0.3 is 0 Å². The van der Waals surface area contributed by atoms with E-state index in [2.05, 4.69) is 57.7 Å². The van der Waals surface area contributed by atoms with E-state index < -0.39 is 0 Å². The predicted octanol–water partition coefficient (Wildman–Crippen LogP) is 3.22. The van der Waals surface area contributed by atoms with Crippen molar-refractivity contribution in [3.63, 3.8) is 0 Å². The second-order valence-electron chi connectivity index (χ2n) is 5.01. The summed E-state index contributed by atoms with van der Waals surface area (Å²) in [5.41, 5.74) is 3.69. The Kier molecular flexibility index (Phi) is 3.47. The van der Waals surface area contributed by atoms with Crippen molar-refractivity contribution in [1.82, 2.24) is 15.3 Å². The molecule has 0 radical (unpaired) electrons. The summed E-state index contributed by atoms with van der Waals surface area (Å²) in [6.45, 7) is 0.993. The van der Waals surface area contributed by atoms with Crippen molar-refractivity contribution in [2.75, 3.05) is 6.54 Å². The molecule has 1 aliphatic rings. The lowest BCUT2D eigenvalue weighted by Gasteiger charge is -2.23. The molecule has 2 N–H and O–H groups in total. The Morgan fingerprint density at radius 3 is 2.80 bits per heavy atom. The van der Waals surface area contributed by atoms with Crippen LogP contribution in [-0.4, -0.2) is 16.5 Å². The Bertz CT molecular complexity index is 735. The fourth-order valence-electron chi connectivity index (χ4n) is 2.88. The quantitative estimate of drug-likeness (QED) is 0.721. The number of benzene rings is 2. The molecule has 1 unspecified atom stereocenters. The molecule has 3 nitrogen and oxygen atoms in total. The van der Waals surface area contributed by atoms with Crippen molar-refractivity contribution in [2.24, 2.45) is 0 Å². The number of H-pyrrole nitrogens is 1. The van der Waals surface area contributed by atoms with Crippen molar-refractivity contribution in [3.8, 4) is 0 Å². The molecule has 4 heteroatoms. The van der Waals surface area contributed by atoms with Gasteiger partial charge in [0.1, 0.15) is 0 Å². The van der Waals surface area contributed by atoms with Crippen molar-refractivity contribution < 1.29 is 0 Å². The number of nitrogens with one attached hydrogen (secondary N) is 2. The van der Waals surface area contributed by atoms with Gasteiger partial charge in [0.15, 0.2) is 0 Å². The highest BCUT2D eigenvalue weighted by Crippen LogP contribution is 2.28. The molecule has 0 saturated heterocycles. The lowest BCUT2D eigenvalue weighted by atomic mass is 9.96. The van der Waals surface area contributed by atoms with Crippen LogP contribution in [0, 0.1) is 0 Å². The van der Waals surface area contributed by atoms with Crippen LogP contribution in [0.15, 0.2) is 48.8 Å². The Morgan fingerprint density at radius 1 is 1.05 bits per heavy atom. The molecule has 2 heterocycles. The van der Waals surface area contributed by atoms with Crippen LogP contribution in [0.3, 0.4) is 0 Å². The third kappa shape index (κ3) is 2.09. The smallest absolute Gasteiger partial charge is 0.0926 e. The first kappa shape index (κ1) is 13.2. The fourth-order valence-corrected chi connectivity index (χ4v) is 2.88. The maximum Gasteiger partial charge on any atom is 0.0926 e. The number of nitrogens with zero attached hydrogens (tertiary/aromatic N) is 1. The number of aromatic amines is 1. The molecule has 0 saturated carbocycles. The van der Waals surface area contributed by atoms with Gasteiger partial charge in [0.2, 0.25) is 0 Å².